The number of para-hydroxylation sites is 1. The highest BCUT2D eigenvalue weighted by Gasteiger charge is 2.27. The summed E-state index contributed by atoms with van der Waals surface area (Å²) in [5.41, 5.74) is 3.02. The van der Waals surface area contributed by atoms with Gasteiger partial charge in [0.1, 0.15) is 0 Å². The summed E-state index contributed by atoms with van der Waals surface area (Å²) in [4.78, 5) is 19.0. The molecule has 0 bridgehead atoms. The quantitative estimate of drug-likeness (QED) is 0.618. The second-order valence-corrected chi connectivity index (χ2v) is 8.27. The molecule has 0 radical (unpaired) electrons. The molecule has 0 aliphatic carbocycles. The van der Waals surface area contributed by atoms with Crippen LogP contribution in [0, 0.1) is 6.92 Å². The maximum Gasteiger partial charge on any atom is 0.235 e. The minimum Gasteiger partial charge on any atom is -0.342 e. The fraction of sp³-hybridized carbons (Fsp3) is 0.333. The lowest BCUT2D eigenvalue weighted by atomic mass is 10.2. The van der Waals surface area contributed by atoms with E-state index in [1.165, 1.54) is 11.8 Å². The molecule has 1 aliphatic rings. The minimum atomic E-state index is -0.216. The zero-order valence-corrected chi connectivity index (χ0v) is 16.9. The highest BCUT2D eigenvalue weighted by molar-refractivity contribution is 8.00. The number of aromatic nitrogens is 4. The number of thioether (sulfide) groups is 1. The van der Waals surface area contributed by atoms with Gasteiger partial charge in [0.25, 0.3) is 0 Å². The predicted molar refractivity (Wildman–Crippen MR) is 110 cm³/mol. The molecule has 1 aromatic carbocycles. The summed E-state index contributed by atoms with van der Waals surface area (Å²) in [7, 11) is 0. The molecule has 0 spiro atoms. The first-order valence-electron chi connectivity index (χ1n) is 9.52. The monoisotopic (exact) mass is 393 g/mol. The van der Waals surface area contributed by atoms with Crippen LogP contribution in [-0.2, 0) is 4.79 Å². The molecular formula is C21H23N5OS. The van der Waals surface area contributed by atoms with Crippen LogP contribution in [0.25, 0.3) is 17.1 Å². The van der Waals surface area contributed by atoms with Gasteiger partial charge in [0.15, 0.2) is 11.0 Å². The standard InChI is InChI=1S/C21H23N5OS/c1-15-8-3-4-10-18(15)26-19(17-9-7-11-22-14-17)23-24-21(26)28-16(2)20(27)25-12-5-6-13-25/h3-4,7-11,14,16H,5-6,12-13H2,1-2H3. The Kier molecular flexibility index (Phi) is 5.43. The Bertz CT molecular complexity index is 966. The van der Waals surface area contributed by atoms with E-state index in [4.69, 9.17) is 0 Å². The molecule has 0 saturated carbocycles. The van der Waals surface area contributed by atoms with Crippen molar-refractivity contribution in [3.8, 4) is 17.1 Å². The number of nitrogens with zero attached hydrogens (tertiary/aromatic N) is 5. The molecule has 2 aromatic heterocycles. The fourth-order valence-electron chi connectivity index (χ4n) is 3.46. The van der Waals surface area contributed by atoms with Crippen LogP contribution < -0.4 is 0 Å². The van der Waals surface area contributed by atoms with Crippen LogP contribution >= 0.6 is 11.8 Å². The number of pyridine rings is 1. The zero-order chi connectivity index (χ0) is 19.5. The molecule has 1 atom stereocenters. The van der Waals surface area contributed by atoms with Crippen LogP contribution in [0.2, 0.25) is 0 Å². The van der Waals surface area contributed by atoms with Crippen LogP contribution in [0.4, 0.5) is 0 Å². The van der Waals surface area contributed by atoms with Crippen molar-refractivity contribution in [3.63, 3.8) is 0 Å². The first-order valence-corrected chi connectivity index (χ1v) is 10.4. The maximum atomic E-state index is 12.8. The smallest absolute Gasteiger partial charge is 0.235 e. The van der Waals surface area contributed by atoms with E-state index >= 15 is 0 Å². The number of rotatable bonds is 5. The normalized spacial score (nSPS) is 15.0. The van der Waals surface area contributed by atoms with Gasteiger partial charge in [-0.05, 0) is 50.5 Å². The molecule has 4 rings (SSSR count). The summed E-state index contributed by atoms with van der Waals surface area (Å²) < 4.78 is 2.03. The van der Waals surface area contributed by atoms with E-state index in [0.717, 1.165) is 48.6 Å². The van der Waals surface area contributed by atoms with Crippen molar-refractivity contribution in [2.24, 2.45) is 0 Å². The Morgan fingerprint density at radius 2 is 1.89 bits per heavy atom. The van der Waals surface area contributed by atoms with Gasteiger partial charge in [0, 0.05) is 31.0 Å². The summed E-state index contributed by atoms with van der Waals surface area (Å²) in [6.07, 6.45) is 5.71. The second-order valence-electron chi connectivity index (χ2n) is 6.96. The summed E-state index contributed by atoms with van der Waals surface area (Å²) >= 11 is 1.46. The van der Waals surface area contributed by atoms with E-state index < -0.39 is 0 Å². The zero-order valence-electron chi connectivity index (χ0n) is 16.1. The minimum absolute atomic E-state index is 0.171. The Balaban J connectivity index is 1.72. The van der Waals surface area contributed by atoms with Crippen molar-refractivity contribution in [3.05, 3.63) is 54.4 Å². The third-order valence-corrected chi connectivity index (χ3v) is 5.99. The van der Waals surface area contributed by atoms with Crippen molar-refractivity contribution in [1.29, 1.82) is 0 Å². The van der Waals surface area contributed by atoms with Gasteiger partial charge in [-0.15, -0.1) is 10.2 Å². The molecule has 3 heterocycles. The number of carbonyl (C=O) groups is 1. The molecule has 28 heavy (non-hydrogen) atoms. The summed E-state index contributed by atoms with van der Waals surface area (Å²) in [5.74, 6) is 0.899. The highest BCUT2D eigenvalue weighted by Crippen LogP contribution is 2.31. The number of hydrogen-bond acceptors (Lipinski definition) is 5. The lowest BCUT2D eigenvalue weighted by Gasteiger charge is -2.20. The molecule has 1 aliphatic heterocycles. The largest absolute Gasteiger partial charge is 0.342 e. The van der Waals surface area contributed by atoms with Gasteiger partial charge in [-0.3, -0.25) is 14.3 Å². The third-order valence-electron chi connectivity index (χ3n) is 4.96. The molecule has 6 nitrogen and oxygen atoms in total. The van der Waals surface area contributed by atoms with Crippen LogP contribution in [0.1, 0.15) is 25.3 Å². The summed E-state index contributed by atoms with van der Waals surface area (Å²) in [5, 5.41) is 9.38. The number of aryl methyl sites for hydroxylation is 1. The van der Waals surface area contributed by atoms with Gasteiger partial charge in [-0.1, -0.05) is 30.0 Å². The van der Waals surface area contributed by atoms with Gasteiger partial charge in [0.2, 0.25) is 5.91 Å². The maximum absolute atomic E-state index is 12.8. The van der Waals surface area contributed by atoms with Crippen LogP contribution in [0.5, 0.6) is 0 Å². The van der Waals surface area contributed by atoms with Crippen molar-refractivity contribution in [2.75, 3.05) is 13.1 Å². The van der Waals surface area contributed by atoms with Crippen LogP contribution in [0.3, 0.4) is 0 Å². The first kappa shape index (κ1) is 18.7. The van der Waals surface area contributed by atoms with Crippen LogP contribution in [0.15, 0.2) is 53.9 Å². The molecule has 0 N–H and O–H groups in total. The number of hydrogen-bond donors (Lipinski definition) is 0. The fourth-order valence-corrected chi connectivity index (χ4v) is 4.41. The lowest BCUT2D eigenvalue weighted by Crippen LogP contribution is -2.34. The number of likely N-dealkylation sites (tertiary alicyclic amines) is 1. The Morgan fingerprint density at radius 3 is 2.61 bits per heavy atom. The molecule has 144 valence electrons. The van der Waals surface area contributed by atoms with E-state index in [0.29, 0.717) is 5.16 Å². The van der Waals surface area contributed by atoms with Crippen molar-refractivity contribution in [1.82, 2.24) is 24.6 Å². The van der Waals surface area contributed by atoms with Crippen molar-refractivity contribution < 1.29 is 4.79 Å². The SMILES string of the molecule is Cc1ccccc1-n1c(SC(C)C(=O)N2CCCC2)nnc1-c1cccnc1. The lowest BCUT2D eigenvalue weighted by molar-refractivity contribution is -0.129. The van der Waals surface area contributed by atoms with Gasteiger partial charge in [-0.2, -0.15) is 0 Å². The number of amides is 1. The Hall–Kier alpha value is -2.67. The second kappa shape index (κ2) is 8.14. The third kappa shape index (κ3) is 3.67. The highest BCUT2D eigenvalue weighted by atomic mass is 32.2. The first-order chi connectivity index (χ1) is 13.6. The topological polar surface area (TPSA) is 63.9 Å². The van der Waals surface area contributed by atoms with E-state index in [9.17, 15) is 4.79 Å². The molecule has 3 aromatic rings. The Morgan fingerprint density at radius 1 is 1.11 bits per heavy atom. The average Bonchev–Trinajstić information content (AvgIpc) is 3.39. The summed E-state index contributed by atoms with van der Waals surface area (Å²) in [6, 6.07) is 12.0. The molecular weight excluding hydrogens is 370 g/mol. The molecule has 1 amide bonds. The van der Waals surface area contributed by atoms with E-state index in [-0.39, 0.29) is 11.2 Å². The molecule has 7 heteroatoms. The molecule has 1 saturated heterocycles. The van der Waals surface area contributed by atoms with Gasteiger partial charge in [0.05, 0.1) is 10.9 Å². The van der Waals surface area contributed by atoms with E-state index in [1.54, 1.807) is 12.4 Å². The predicted octanol–water partition coefficient (Wildman–Crippen LogP) is 3.74. The van der Waals surface area contributed by atoms with Gasteiger partial charge >= 0.3 is 0 Å². The van der Waals surface area contributed by atoms with Crippen molar-refractivity contribution in [2.45, 2.75) is 37.1 Å². The summed E-state index contributed by atoms with van der Waals surface area (Å²) in [6.45, 7) is 5.73. The molecule has 1 fully saturated rings. The van der Waals surface area contributed by atoms with E-state index in [2.05, 4.69) is 34.2 Å². The van der Waals surface area contributed by atoms with Gasteiger partial charge < -0.3 is 4.90 Å². The van der Waals surface area contributed by atoms with E-state index in [1.807, 2.05) is 40.7 Å². The van der Waals surface area contributed by atoms with Crippen molar-refractivity contribution >= 4 is 17.7 Å². The number of carbonyl (C=O) groups excluding carboxylic acids is 1. The molecule has 1 unspecified atom stereocenters. The Labute approximate surface area is 169 Å². The van der Waals surface area contributed by atoms with Crippen LogP contribution in [-0.4, -0.2) is 48.9 Å². The number of benzene rings is 1. The van der Waals surface area contributed by atoms with Gasteiger partial charge in [-0.25, -0.2) is 0 Å². The average molecular weight is 394 g/mol.